The quantitative estimate of drug-likeness (QED) is 0.766. The van der Waals surface area contributed by atoms with Crippen LogP contribution >= 0.6 is 11.8 Å². The minimum atomic E-state index is 0.0957. The lowest BCUT2D eigenvalue weighted by Gasteiger charge is -2.38. The van der Waals surface area contributed by atoms with Crippen molar-refractivity contribution in [2.75, 3.05) is 32.0 Å². The van der Waals surface area contributed by atoms with Gasteiger partial charge in [0.2, 0.25) is 5.91 Å². The monoisotopic (exact) mass is 286 g/mol. The summed E-state index contributed by atoms with van der Waals surface area (Å²) in [6, 6.07) is 0.364. The van der Waals surface area contributed by atoms with Crippen LogP contribution in [-0.4, -0.2) is 64.1 Å². The van der Waals surface area contributed by atoms with Crippen LogP contribution in [0.4, 0.5) is 4.79 Å². The molecule has 0 aromatic rings. The number of aliphatic hydroxyl groups is 1. The summed E-state index contributed by atoms with van der Waals surface area (Å²) in [7, 11) is 0. The highest BCUT2D eigenvalue weighted by molar-refractivity contribution is 8.13. The largest absolute Gasteiger partial charge is 0.396 e. The molecule has 0 aromatic heterocycles. The van der Waals surface area contributed by atoms with E-state index in [-0.39, 0.29) is 17.8 Å². The third kappa shape index (κ3) is 3.86. The van der Waals surface area contributed by atoms with Crippen molar-refractivity contribution in [3.05, 3.63) is 0 Å². The van der Waals surface area contributed by atoms with Gasteiger partial charge < -0.3 is 14.9 Å². The van der Waals surface area contributed by atoms with Gasteiger partial charge >= 0.3 is 0 Å². The molecule has 2 amide bonds. The van der Waals surface area contributed by atoms with Gasteiger partial charge in [-0.2, -0.15) is 0 Å². The van der Waals surface area contributed by atoms with E-state index >= 15 is 0 Å². The van der Waals surface area contributed by atoms with Crippen molar-refractivity contribution >= 4 is 22.9 Å². The van der Waals surface area contributed by atoms with E-state index in [0.29, 0.717) is 32.0 Å². The maximum Gasteiger partial charge on any atom is 0.281 e. The summed E-state index contributed by atoms with van der Waals surface area (Å²) in [6.45, 7) is 2.06. The van der Waals surface area contributed by atoms with E-state index in [4.69, 9.17) is 5.11 Å². The van der Waals surface area contributed by atoms with E-state index in [1.807, 2.05) is 4.90 Å². The van der Waals surface area contributed by atoms with Gasteiger partial charge in [0.05, 0.1) is 0 Å². The topological polar surface area (TPSA) is 60.9 Å². The van der Waals surface area contributed by atoms with Gasteiger partial charge in [-0.3, -0.25) is 9.59 Å². The van der Waals surface area contributed by atoms with E-state index in [9.17, 15) is 9.59 Å². The van der Waals surface area contributed by atoms with Crippen LogP contribution in [0.15, 0.2) is 0 Å². The molecule has 1 aliphatic carbocycles. The molecule has 0 radical (unpaired) electrons. The predicted molar refractivity (Wildman–Crippen MR) is 75.1 cm³/mol. The SMILES string of the molecule is O=C1SCCN1CCC(=O)N(CCCO)C1CCC1. The zero-order chi connectivity index (χ0) is 13.7. The van der Waals surface area contributed by atoms with Crippen LogP contribution < -0.4 is 0 Å². The summed E-state index contributed by atoms with van der Waals surface area (Å²) >= 11 is 1.33. The number of carbonyl (C=O) groups is 2. The Morgan fingerprint density at radius 2 is 2.26 bits per heavy atom. The zero-order valence-corrected chi connectivity index (χ0v) is 12.0. The Hall–Kier alpha value is -0.750. The molecule has 1 saturated carbocycles. The Morgan fingerprint density at radius 3 is 2.79 bits per heavy atom. The second-order valence-corrected chi connectivity index (χ2v) is 6.15. The van der Waals surface area contributed by atoms with Crippen LogP contribution in [0.1, 0.15) is 32.1 Å². The minimum Gasteiger partial charge on any atom is -0.396 e. The van der Waals surface area contributed by atoms with Gasteiger partial charge in [-0.15, -0.1) is 0 Å². The molecule has 6 heteroatoms. The second kappa shape index (κ2) is 7.14. The van der Waals surface area contributed by atoms with Gasteiger partial charge in [-0.1, -0.05) is 11.8 Å². The van der Waals surface area contributed by atoms with E-state index in [0.717, 1.165) is 25.1 Å². The molecular formula is C13H22N2O3S. The number of rotatable bonds is 7. The summed E-state index contributed by atoms with van der Waals surface area (Å²) in [5.41, 5.74) is 0. The molecule has 1 aliphatic heterocycles. The van der Waals surface area contributed by atoms with Gasteiger partial charge in [0.1, 0.15) is 0 Å². The lowest BCUT2D eigenvalue weighted by Crippen LogP contribution is -2.45. The fraction of sp³-hybridized carbons (Fsp3) is 0.846. The molecule has 5 nitrogen and oxygen atoms in total. The van der Waals surface area contributed by atoms with Crippen molar-refractivity contribution in [2.24, 2.45) is 0 Å². The summed E-state index contributed by atoms with van der Waals surface area (Å²) in [4.78, 5) is 27.4. The molecule has 0 spiro atoms. The smallest absolute Gasteiger partial charge is 0.281 e. The number of thioether (sulfide) groups is 1. The van der Waals surface area contributed by atoms with E-state index in [1.165, 1.54) is 18.2 Å². The third-order valence-corrected chi connectivity index (χ3v) is 4.73. The van der Waals surface area contributed by atoms with Crippen LogP contribution in [0.5, 0.6) is 0 Å². The number of hydrogen-bond acceptors (Lipinski definition) is 4. The highest BCUT2D eigenvalue weighted by atomic mass is 32.2. The molecular weight excluding hydrogens is 264 g/mol. The standard InChI is InChI=1S/C13H22N2O3S/c16-9-2-6-15(11-3-1-4-11)12(17)5-7-14-8-10-19-13(14)18/h11,16H,1-10H2. The molecule has 0 unspecified atom stereocenters. The lowest BCUT2D eigenvalue weighted by molar-refractivity contribution is -0.135. The highest BCUT2D eigenvalue weighted by Gasteiger charge is 2.29. The second-order valence-electron chi connectivity index (χ2n) is 5.10. The van der Waals surface area contributed by atoms with Crippen molar-refractivity contribution in [1.82, 2.24) is 9.80 Å². The first-order valence-electron chi connectivity index (χ1n) is 7.04. The molecule has 2 aliphatic rings. The Bertz CT molecular complexity index is 334. The zero-order valence-electron chi connectivity index (χ0n) is 11.2. The van der Waals surface area contributed by atoms with E-state index in [2.05, 4.69) is 0 Å². The molecule has 0 atom stereocenters. The molecule has 108 valence electrons. The van der Waals surface area contributed by atoms with Crippen LogP contribution in [0.3, 0.4) is 0 Å². The van der Waals surface area contributed by atoms with Crippen molar-refractivity contribution in [3.63, 3.8) is 0 Å². The molecule has 2 fully saturated rings. The van der Waals surface area contributed by atoms with Crippen LogP contribution in [0.2, 0.25) is 0 Å². The molecule has 1 N–H and O–H groups in total. The number of nitrogens with zero attached hydrogens (tertiary/aromatic N) is 2. The van der Waals surface area contributed by atoms with Crippen molar-refractivity contribution < 1.29 is 14.7 Å². The Morgan fingerprint density at radius 1 is 1.47 bits per heavy atom. The third-order valence-electron chi connectivity index (χ3n) is 3.83. The Balaban J connectivity index is 1.79. The first kappa shape index (κ1) is 14.7. The molecule has 2 rings (SSSR count). The number of hydrogen-bond donors (Lipinski definition) is 1. The lowest BCUT2D eigenvalue weighted by atomic mass is 9.91. The number of aliphatic hydroxyl groups excluding tert-OH is 1. The van der Waals surface area contributed by atoms with Crippen LogP contribution in [0.25, 0.3) is 0 Å². The highest BCUT2D eigenvalue weighted by Crippen LogP contribution is 2.26. The summed E-state index contributed by atoms with van der Waals surface area (Å²) in [5.74, 6) is 0.965. The van der Waals surface area contributed by atoms with E-state index in [1.54, 1.807) is 4.90 Å². The molecule has 1 saturated heterocycles. The maximum atomic E-state index is 12.2. The molecule has 0 bridgehead atoms. The van der Waals surface area contributed by atoms with Gasteiger partial charge in [0, 0.05) is 44.5 Å². The Kier molecular flexibility index (Phi) is 5.51. The van der Waals surface area contributed by atoms with Gasteiger partial charge in [0.25, 0.3) is 5.24 Å². The average Bonchev–Trinajstić information content (AvgIpc) is 2.74. The minimum absolute atomic E-state index is 0.0957. The summed E-state index contributed by atoms with van der Waals surface area (Å²) < 4.78 is 0. The summed E-state index contributed by atoms with van der Waals surface area (Å²) in [5, 5.41) is 9.01. The van der Waals surface area contributed by atoms with Gasteiger partial charge in [-0.25, -0.2) is 0 Å². The fourth-order valence-corrected chi connectivity index (χ4v) is 3.30. The Labute approximate surface area is 118 Å². The normalized spacial score (nSPS) is 19.6. The first-order valence-corrected chi connectivity index (χ1v) is 8.03. The van der Waals surface area contributed by atoms with Gasteiger partial charge in [0.15, 0.2) is 0 Å². The summed E-state index contributed by atoms with van der Waals surface area (Å²) in [6.07, 6.45) is 4.40. The molecule has 19 heavy (non-hydrogen) atoms. The first-order chi connectivity index (χ1) is 9.22. The van der Waals surface area contributed by atoms with Gasteiger partial charge in [-0.05, 0) is 25.7 Å². The van der Waals surface area contributed by atoms with Crippen molar-refractivity contribution in [2.45, 2.75) is 38.1 Å². The van der Waals surface area contributed by atoms with Crippen molar-refractivity contribution in [1.29, 1.82) is 0 Å². The average molecular weight is 286 g/mol. The van der Waals surface area contributed by atoms with Crippen molar-refractivity contribution in [3.8, 4) is 0 Å². The fourth-order valence-electron chi connectivity index (χ4n) is 2.45. The number of carbonyl (C=O) groups excluding carboxylic acids is 2. The predicted octanol–water partition coefficient (Wildman–Crippen LogP) is 1.31. The maximum absolute atomic E-state index is 12.2. The van der Waals surface area contributed by atoms with Crippen LogP contribution in [-0.2, 0) is 4.79 Å². The molecule has 1 heterocycles. The molecule has 0 aromatic carbocycles. The van der Waals surface area contributed by atoms with E-state index < -0.39 is 0 Å². The number of amides is 2. The van der Waals surface area contributed by atoms with Crippen LogP contribution in [0, 0.1) is 0 Å².